The molecule has 4 heterocycles. The van der Waals surface area contributed by atoms with E-state index in [1.165, 1.54) is 0 Å². The Hall–Kier alpha value is -4.15. The van der Waals surface area contributed by atoms with Gasteiger partial charge in [-0.25, -0.2) is 9.97 Å². The van der Waals surface area contributed by atoms with Crippen LogP contribution in [0.1, 0.15) is 48.1 Å². The van der Waals surface area contributed by atoms with Crippen molar-refractivity contribution in [1.29, 1.82) is 0 Å². The second-order valence-corrected chi connectivity index (χ2v) is 11.3. The molecule has 1 atom stereocenters. The number of carbonyl (C=O) groups excluding carboxylic acids is 1. The van der Waals surface area contributed by atoms with Gasteiger partial charge in [-0.3, -0.25) is 4.79 Å². The molecule has 3 N–H and O–H groups in total. The molecular formula is C31H33ClN6O4. The van der Waals surface area contributed by atoms with E-state index < -0.39 is 6.04 Å². The maximum Gasteiger partial charge on any atom is 0.224 e. The number of nitrogens with zero attached hydrogens (tertiary/aromatic N) is 4. The Morgan fingerprint density at radius 3 is 2.69 bits per heavy atom. The minimum absolute atomic E-state index is 0.00564. The second-order valence-electron chi connectivity index (χ2n) is 10.8. The van der Waals surface area contributed by atoms with Crippen molar-refractivity contribution in [2.45, 2.75) is 52.2 Å². The number of hydrogen-bond donors (Lipinski definition) is 3. The number of likely N-dealkylation sites (tertiary alicyclic amines) is 1. The van der Waals surface area contributed by atoms with Crippen LogP contribution >= 0.6 is 11.6 Å². The lowest BCUT2D eigenvalue weighted by molar-refractivity contribution is -0.133. The lowest BCUT2D eigenvalue weighted by Crippen LogP contribution is -2.41. The molecule has 0 unspecified atom stereocenters. The summed E-state index contributed by atoms with van der Waals surface area (Å²) in [5, 5.41) is 19.9. The number of aliphatic hydroxyl groups excluding tert-OH is 1. The fraction of sp³-hybridized carbons (Fsp3) is 0.355. The highest BCUT2D eigenvalue weighted by Gasteiger charge is 2.27. The molecule has 5 aromatic rings. The molecule has 0 bridgehead atoms. The monoisotopic (exact) mass is 588 g/mol. The number of aromatic nitrogens is 4. The van der Waals surface area contributed by atoms with E-state index in [1.807, 2.05) is 62.1 Å². The van der Waals surface area contributed by atoms with Gasteiger partial charge in [0.25, 0.3) is 0 Å². The molecule has 1 fully saturated rings. The molecule has 0 saturated carbocycles. The van der Waals surface area contributed by atoms with Crippen LogP contribution in [-0.4, -0.2) is 62.3 Å². The average Bonchev–Trinajstić information content (AvgIpc) is 3.49. The first-order valence-corrected chi connectivity index (χ1v) is 14.4. The van der Waals surface area contributed by atoms with Gasteiger partial charge in [-0.05, 0) is 63.4 Å². The van der Waals surface area contributed by atoms with Gasteiger partial charge in [0.1, 0.15) is 28.8 Å². The van der Waals surface area contributed by atoms with Crippen molar-refractivity contribution in [3.63, 3.8) is 0 Å². The van der Waals surface area contributed by atoms with Crippen molar-refractivity contribution < 1.29 is 19.2 Å². The molecule has 3 aromatic heterocycles. The van der Waals surface area contributed by atoms with Gasteiger partial charge >= 0.3 is 0 Å². The summed E-state index contributed by atoms with van der Waals surface area (Å²) in [6.45, 7) is 6.69. The van der Waals surface area contributed by atoms with Gasteiger partial charge < -0.3 is 29.6 Å². The summed E-state index contributed by atoms with van der Waals surface area (Å²) in [6.07, 6.45) is 1.01. The molecule has 0 aliphatic carbocycles. The zero-order chi connectivity index (χ0) is 29.5. The van der Waals surface area contributed by atoms with Gasteiger partial charge in [-0.2, -0.15) is 0 Å². The van der Waals surface area contributed by atoms with Crippen LogP contribution in [-0.2, 0) is 4.79 Å². The minimum Gasteiger partial charge on any atom is -0.496 e. The number of amides is 1. The van der Waals surface area contributed by atoms with E-state index in [4.69, 9.17) is 30.8 Å². The molecule has 0 radical (unpaired) electrons. The summed E-state index contributed by atoms with van der Waals surface area (Å²) in [5.74, 6) is 2.55. The predicted molar refractivity (Wildman–Crippen MR) is 162 cm³/mol. The highest BCUT2D eigenvalue weighted by molar-refractivity contribution is 6.30. The van der Waals surface area contributed by atoms with E-state index in [1.54, 1.807) is 7.11 Å². The summed E-state index contributed by atoms with van der Waals surface area (Å²) >= 11 is 6.38. The van der Waals surface area contributed by atoms with Crippen molar-refractivity contribution in [3.05, 3.63) is 64.3 Å². The van der Waals surface area contributed by atoms with E-state index in [0.29, 0.717) is 59.8 Å². The van der Waals surface area contributed by atoms with Crippen LogP contribution in [0.2, 0.25) is 5.02 Å². The molecule has 1 aliphatic rings. The van der Waals surface area contributed by atoms with Crippen LogP contribution < -0.4 is 10.1 Å². The number of piperidine rings is 1. The van der Waals surface area contributed by atoms with Gasteiger partial charge in [0.05, 0.1) is 42.3 Å². The number of aryl methyl sites for hydroxylation is 3. The molecule has 0 spiro atoms. The van der Waals surface area contributed by atoms with Crippen molar-refractivity contribution in [3.8, 4) is 16.9 Å². The van der Waals surface area contributed by atoms with E-state index in [2.05, 4.69) is 15.5 Å². The van der Waals surface area contributed by atoms with Crippen LogP contribution in [0.15, 0.2) is 40.9 Å². The summed E-state index contributed by atoms with van der Waals surface area (Å²) < 4.78 is 11.3. The number of nitrogens with one attached hydrogen (secondary N) is 2. The Morgan fingerprint density at radius 2 is 2.00 bits per heavy atom. The molecule has 1 aliphatic heterocycles. The molecule has 42 heavy (non-hydrogen) atoms. The van der Waals surface area contributed by atoms with Gasteiger partial charge in [0, 0.05) is 34.6 Å². The maximum atomic E-state index is 13.4. The summed E-state index contributed by atoms with van der Waals surface area (Å²) in [4.78, 5) is 28.2. The first-order valence-electron chi connectivity index (χ1n) is 14.0. The van der Waals surface area contributed by atoms with E-state index >= 15 is 0 Å². The maximum absolute atomic E-state index is 13.4. The van der Waals surface area contributed by atoms with Gasteiger partial charge in [0.2, 0.25) is 5.91 Å². The lowest BCUT2D eigenvalue weighted by Gasteiger charge is -2.31. The summed E-state index contributed by atoms with van der Waals surface area (Å²) in [6, 6.07) is 11.1. The third-order valence-corrected chi connectivity index (χ3v) is 8.18. The van der Waals surface area contributed by atoms with E-state index in [0.717, 1.165) is 38.7 Å². The number of methoxy groups -OCH3 is 1. The first kappa shape index (κ1) is 28.0. The highest BCUT2D eigenvalue weighted by atomic mass is 35.5. The van der Waals surface area contributed by atoms with Gasteiger partial charge in [-0.1, -0.05) is 28.9 Å². The zero-order valence-electron chi connectivity index (χ0n) is 24.0. The summed E-state index contributed by atoms with van der Waals surface area (Å²) in [7, 11) is 1.64. The minimum atomic E-state index is -0.408. The third kappa shape index (κ3) is 5.28. The van der Waals surface area contributed by atoms with Crippen molar-refractivity contribution in [2.75, 3.05) is 25.5 Å². The number of ether oxygens (including phenoxy) is 1. The molecule has 1 saturated heterocycles. The van der Waals surface area contributed by atoms with Gasteiger partial charge in [0.15, 0.2) is 0 Å². The second kappa shape index (κ2) is 11.3. The van der Waals surface area contributed by atoms with Crippen LogP contribution in [0.25, 0.3) is 33.1 Å². The third-order valence-electron chi connectivity index (χ3n) is 7.94. The van der Waals surface area contributed by atoms with Crippen molar-refractivity contribution in [2.24, 2.45) is 0 Å². The predicted octanol–water partition coefficient (Wildman–Crippen LogP) is 5.88. The Labute approximate surface area is 248 Å². The average molecular weight is 589 g/mol. The van der Waals surface area contributed by atoms with Crippen molar-refractivity contribution >= 4 is 45.3 Å². The fourth-order valence-corrected chi connectivity index (χ4v) is 6.03. The Bertz CT molecular complexity index is 1770. The van der Waals surface area contributed by atoms with Crippen LogP contribution in [0.5, 0.6) is 5.75 Å². The first-order chi connectivity index (χ1) is 20.2. The largest absolute Gasteiger partial charge is 0.496 e. The number of rotatable bonds is 7. The smallest absolute Gasteiger partial charge is 0.224 e. The number of hydrogen-bond acceptors (Lipinski definition) is 8. The van der Waals surface area contributed by atoms with Crippen LogP contribution in [0, 0.1) is 20.8 Å². The van der Waals surface area contributed by atoms with Gasteiger partial charge in [-0.15, -0.1) is 0 Å². The molecule has 6 rings (SSSR count). The molecule has 1 amide bonds. The number of carbonyl (C=O) groups is 1. The molecule has 2 aromatic carbocycles. The van der Waals surface area contributed by atoms with E-state index in [9.17, 15) is 9.90 Å². The highest BCUT2D eigenvalue weighted by Crippen LogP contribution is 2.41. The van der Waals surface area contributed by atoms with E-state index in [-0.39, 0.29) is 18.4 Å². The molecule has 11 heteroatoms. The fourth-order valence-electron chi connectivity index (χ4n) is 5.83. The molecular weight excluding hydrogens is 556 g/mol. The Morgan fingerprint density at radius 1 is 1.21 bits per heavy atom. The number of halogens is 1. The normalized spacial score (nSPS) is 15.0. The number of fused-ring (bicyclic) bond motifs is 3. The van der Waals surface area contributed by atoms with Crippen molar-refractivity contribution in [1.82, 2.24) is 25.0 Å². The molecule has 218 valence electrons. The topological polar surface area (TPSA) is 129 Å². The number of aromatic amines is 1. The quantitative estimate of drug-likeness (QED) is 0.215. The standard InChI is InChI=1S/C31H33ClN6O4/c1-16-28(17(2)42-37-16)23-13-25-22(14-26(23)41-4)29-30(33-18(3)34-31(29)36-25)35-24(19-6-5-7-20(32)12-19)15-27(40)38-10-8-21(39)9-11-38/h5-7,12-14,21,24,39H,8-11,15H2,1-4H3,(H2,33,34,35,36)/t24-/m1/s1. The number of H-pyrrole nitrogens is 1. The molecule has 10 nitrogen and oxygen atoms in total. The summed E-state index contributed by atoms with van der Waals surface area (Å²) in [5.41, 5.74) is 4.91. The Kier molecular flexibility index (Phi) is 7.51. The zero-order valence-corrected chi connectivity index (χ0v) is 24.7. The number of aliphatic hydroxyl groups is 1. The SMILES string of the molecule is COc1cc2c(cc1-c1c(C)noc1C)[nH]c1nc(C)nc(N[C@H](CC(=O)N3CCC(O)CC3)c3cccc(Cl)c3)c12. The number of benzene rings is 2. The number of anilines is 1. The van der Waals surface area contributed by atoms with Crippen LogP contribution in [0.4, 0.5) is 5.82 Å². The lowest BCUT2D eigenvalue weighted by atomic mass is 10.00. The Balaban J connectivity index is 1.44. The van der Waals surface area contributed by atoms with Crippen LogP contribution in [0.3, 0.4) is 0 Å².